The van der Waals surface area contributed by atoms with Crippen molar-refractivity contribution in [2.45, 2.75) is 0 Å². The molecule has 0 saturated carbocycles. The lowest BCUT2D eigenvalue weighted by atomic mass is 10.2. The predicted molar refractivity (Wildman–Crippen MR) is 114 cm³/mol. The number of amides is 2. The SMILES string of the molecule is O=C(N/N=C/c1cccc(NC(=O)c2ccc(Cl)cc2)c1)c1ccc([N+](=O)[O-])cc1. The van der Waals surface area contributed by atoms with Gasteiger partial charge in [0.2, 0.25) is 0 Å². The number of nitrogens with one attached hydrogen (secondary N) is 2. The van der Waals surface area contributed by atoms with Crippen LogP contribution in [0.3, 0.4) is 0 Å². The van der Waals surface area contributed by atoms with E-state index in [9.17, 15) is 19.7 Å². The standard InChI is InChI=1S/C21H15ClN4O4/c22-17-8-4-15(5-9-17)20(27)24-18-3-1-2-14(12-18)13-23-25-21(28)16-6-10-19(11-7-16)26(29)30/h1-13H,(H,24,27)(H,25,28)/b23-13+. The molecule has 8 nitrogen and oxygen atoms in total. The third kappa shape index (κ3) is 5.49. The molecule has 150 valence electrons. The van der Waals surface area contributed by atoms with Crippen LogP contribution in [0.2, 0.25) is 5.02 Å². The molecule has 0 aliphatic heterocycles. The van der Waals surface area contributed by atoms with Gasteiger partial charge in [-0.25, -0.2) is 5.43 Å². The maximum atomic E-state index is 12.3. The molecule has 2 N–H and O–H groups in total. The summed E-state index contributed by atoms with van der Waals surface area (Å²) >= 11 is 5.82. The van der Waals surface area contributed by atoms with Gasteiger partial charge in [0.05, 0.1) is 11.1 Å². The zero-order valence-corrected chi connectivity index (χ0v) is 16.2. The van der Waals surface area contributed by atoms with Gasteiger partial charge in [0, 0.05) is 34.0 Å². The van der Waals surface area contributed by atoms with Gasteiger partial charge in [-0.05, 0) is 54.1 Å². The summed E-state index contributed by atoms with van der Waals surface area (Å²) in [6, 6.07) is 18.6. The van der Waals surface area contributed by atoms with E-state index in [0.29, 0.717) is 21.8 Å². The summed E-state index contributed by atoms with van der Waals surface area (Å²) in [5.74, 6) is -0.791. The lowest BCUT2D eigenvalue weighted by Gasteiger charge is -2.06. The summed E-state index contributed by atoms with van der Waals surface area (Å²) in [6.45, 7) is 0. The Morgan fingerprint density at radius 1 is 0.933 bits per heavy atom. The molecular weight excluding hydrogens is 408 g/mol. The van der Waals surface area contributed by atoms with Gasteiger partial charge in [-0.1, -0.05) is 23.7 Å². The number of hydrazone groups is 1. The summed E-state index contributed by atoms with van der Waals surface area (Å²) in [5.41, 5.74) is 4.15. The van der Waals surface area contributed by atoms with E-state index in [-0.39, 0.29) is 17.2 Å². The van der Waals surface area contributed by atoms with Crippen LogP contribution in [0, 0.1) is 10.1 Å². The average Bonchev–Trinajstić information content (AvgIpc) is 2.74. The van der Waals surface area contributed by atoms with Crippen LogP contribution in [0.1, 0.15) is 26.3 Å². The van der Waals surface area contributed by atoms with Crippen LogP contribution in [0.5, 0.6) is 0 Å². The zero-order chi connectivity index (χ0) is 21.5. The van der Waals surface area contributed by atoms with Gasteiger partial charge in [0.15, 0.2) is 0 Å². The molecule has 0 saturated heterocycles. The highest BCUT2D eigenvalue weighted by Crippen LogP contribution is 2.14. The number of nitro benzene ring substituents is 1. The normalized spacial score (nSPS) is 10.6. The van der Waals surface area contributed by atoms with E-state index in [4.69, 9.17) is 11.6 Å². The van der Waals surface area contributed by atoms with E-state index in [2.05, 4.69) is 15.8 Å². The molecule has 30 heavy (non-hydrogen) atoms. The smallest absolute Gasteiger partial charge is 0.271 e. The minimum atomic E-state index is -0.543. The van der Waals surface area contributed by atoms with E-state index >= 15 is 0 Å². The fraction of sp³-hybridized carbons (Fsp3) is 0. The second-order valence-corrected chi connectivity index (χ2v) is 6.53. The minimum Gasteiger partial charge on any atom is -0.322 e. The Hall–Kier alpha value is -4.04. The molecule has 0 bridgehead atoms. The van der Waals surface area contributed by atoms with Gasteiger partial charge >= 0.3 is 0 Å². The van der Waals surface area contributed by atoms with Crippen LogP contribution in [0.15, 0.2) is 77.9 Å². The number of benzene rings is 3. The number of halogens is 1. The lowest BCUT2D eigenvalue weighted by Crippen LogP contribution is -2.17. The first-order chi connectivity index (χ1) is 14.4. The van der Waals surface area contributed by atoms with Gasteiger partial charge in [-0.15, -0.1) is 0 Å². The highest BCUT2D eigenvalue weighted by atomic mass is 35.5. The van der Waals surface area contributed by atoms with Crippen molar-refractivity contribution >= 4 is 41.0 Å². The highest BCUT2D eigenvalue weighted by Gasteiger charge is 2.09. The van der Waals surface area contributed by atoms with E-state index in [1.54, 1.807) is 48.5 Å². The monoisotopic (exact) mass is 422 g/mol. The number of carbonyl (C=O) groups excluding carboxylic acids is 2. The Balaban J connectivity index is 1.61. The maximum absolute atomic E-state index is 12.3. The molecule has 9 heteroatoms. The number of non-ortho nitro benzene ring substituents is 1. The molecule has 3 aromatic rings. The summed E-state index contributed by atoms with van der Waals surface area (Å²) in [5, 5.41) is 17.8. The fourth-order valence-electron chi connectivity index (χ4n) is 2.47. The predicted octanol–water partition coefficient (Wildman–Crippen LogP) is 4.26. The van der Waals surface area contributed by atoms with Crippen LogP contribution in [0.25, 0.3) is 0 Å². The Bertz CT molecular complexity index is 1110. The van der Waals surface area contributed by atoms with Crippen LogP contribution >= 0.6 is 11.6 Å². The molecule has 0 radical (unpaired) electrons. The van der Waals surface area contributed by atoms with Crippen LogP contribution in [-0.4, -0.2) is 23.0 Å². The first-order valence-electron chi connectivity index (χ1n) is 8.67. The molecule has 0 atom stereocenters. The molecule has 0 spiro atoms. The number of rotatable bonds is 6. The van der Waals surface area contributed by atoms with E-state index in [1.165, 1.54) is 30.5 Å². The average molecular weight is 423 g/mol. The van der Waals surface area contributed by atoms with Gasteiger partial charge in [0.1, 0.15) is 0 Å². The van der Waals surface area contributed by atoms with Crippen molar-refractivity contribution in [1.29, 1.82) is 0 Å². The van der Waals surface area contributed by atoms with Gasteiger partial charge in [-0.3, -0.25) is 19.7 Å². The summed E-state index contributed by atoms with van der Waals surface area (Å²) in [6.07, 6.45) is 1.42. The van der Waals surface area contributed by atoms with Crippen LogP contribution < -0.4 is 10.7 Å². The third-order valence-corrected chi connectivity index (χ3v) is 4.22. The minimum absolute atomic E-state index is 0.104. The number of nitro groups is 1. The molecule has 0 aliphatic rings. The molecule has 3 rings (SSSR count). The van der Waals surface area contributed by atoms with E-state index in [0.717, 1.165) is 0 Å². The number of nitrogens with zero attached hydrogens (tertiary/aromatic N) is 2. The Labute approximate surface area is 176 Å². The second-order valence-electron chi connectivity index (χ2n) is 6.09. The Kier molecular flexibility index (Phi) is 6.51. The molecule has 0 heterocycles. The van der Waals surface area contributed by atoms with Gasteiger partial charge < -0.3 is 5.32 Å². The molecule has 2 amide bonds. The van der Waals surface area contributed by atoms with Gasteiger partial charge in [-0.2, -0.15) is 5.10 Å². The summed E-state index contributed by atoms with van der Waals surface area (Å²) < 4.78 is 0. The van der Waals surface area contributed by atoms with Crippen molar-refractivity contribution < 1.29 is 14.5 Å². The van der Waals surface area contributed by atoms with Crippen molar-refractivity contribution in [3.8, 4) is 0 Å². The summed E-state index contributed by atoms with van der Waals surface area (Å²) in [4.78, 5) is 34.4. The molecule has 0 aromatic heterocycles. The number of hydrogen-bond donors (Lipinski definition) is 2. The summed E-state index contributed by atoms with van der Waals surface area (Å²) in [7, 11) is 0. The van der Waals surface area contributed by atoms with E-state index in [1.807, 2.05) is 0 Å². The largest absolute Gasteiger partial charge is 0.322 e. The number of carbonyl (C=O) groups is 2. The van der Waals surface area contributed by atoms with E-state index < -0.39 is 10.8 Å². The first-order valence-corrected chi connectivity index (χ1v) is 9.05. The number of hydrogen-bond acceptors (Lipinski definition) is 5. The first kappa shape index (κ1) is 20.7. The van der Waals surface area contributed by atoms with Gasteiger partial charge in [0.25, 0.3) is 17.5 Å². The molecule has 0 aliphatic carbocycles. The molecule has 3 aromatic carbocycles. The topological polar surface area (TPSA) is 114 Å². The molecule has 0 fully saturated rings. The Morgan fingerprint density at radius 3 is 2.23 bits per heavy atom. The second kappa shape index (κ2) is 9.44. The lowest BCUT2D eigenvalue weighted by molar-refractivity contribution is -0.384. The third-order valence-electron chi connectivity index (χ3n) is 3.97. The van der Waals surface area contributed by atoms with Crippen molar-refractivity contribution in [2.24, 2.45) is 5.10 Å². The zero-order valence-electron chi connectivity index (χ0n) is 15.4. The van der Waals surface area contributed by atoms with Crippen molar-refractivity contribution in [3.05, 3.63) is 105 Å². The van der Waals surface area contributed by atoms with Crippen LogP contribution in [0.4, 0.5) is 11.4 Å². The highest BCUT2D eigenvalue weighted by molar-refractivity contribution is 6.30. The Morgan fingerprint density at radius 2 is 1.57 bits per heavy atom. The molecule has 0 unspecified atom stereocenters. The fourth-order valence-corrected chi connectivity index (χ4v) is 2.59. The van der Waals surface area contributed by atoms with Crippen molar-refractivity contribution in [2.75, 3.05) is 5.32 Å². The quantitative estimate of drug-likeness (QED) is 0.351. The van der Waals surface area contributed by atoms with Crippen LogP contribution in [-0.2, 0) is 0 Å². The van der Waals surface area contributed by atoms with Crippen molar-refractivity contribution in [1.82, 2.24) is 5.43 Å². The molecular formula is C21H15ClN4O4. The maximum Gasteiger partial charge on any atom is 0.271 e. The van der Waals surface area contributed by atoms with Crippen molar-refractivity contribution in [3.63, 3.8) is 0 Å². The number of anilines is 1.